The molecular formula is C30H30F8N4O4. The Morgan fingerprint density at radius 3 is 2.26 bits per heavy atom. The lowest BCUT2D eigenvalue weighted by molar-refractivity contribution is -0.138. The lowest BCUT2D eigenvalue weighted by atomic mass is 10.00. The molecule has 1 heterocycles. The second kappa shape index (κ2) is 15.3. The van der Waals surface area contributed by atoms with Gasteiger partial charge in [0.05, 0.1) is 17.7 Å². The predicted molar refractivity (Wildman–Crippen MR) is 150 cm³/mol. The SMILES string of the molecule is CN(CCCC(F)(F)F)C(=O)c1cc(C(=O)N[C@@H](Cc2cc(F)cc(F)c2)[C@H](O)CNCc2cccc(C(F)(F)F)c2)[nH]c(=O)c1. The minimum absolute atomic E-state index is 0.0256. The molecule has 0 aliphatic carbocycles. The van der Waals surface area contributed by atoms with Gasteiger partial charge in [-0.15, -0.1) is 0 Å². The molecule has 0 unspecified atom stereocenters. The zero-order valence-electron chi connectivity index (χ0n) is 24.2. The molecule has 2 aromatic carbocycles. The zero-order valence-corrected chi connectivity index (χ0v) is 24.2. The predicted octanol–water partition coefficient (Wildman–Crippen LogP) is 4.58. The summed E-state index contributed by atoms with van der Waals surface area (Å²) < 4.78 is 104. The van der Waals surface area contributed by atoms with Gasteiger partial charge in [0.2, 0.25) is 5.56 Å². The number of aromatic nitrogens is 1. The monoisotopic (exact) mass is 662 g/mol. The van der Waals surface area contributed by atoms with Gasteiger partial charge in [-0.05, 0) is 48.2 Å². The molecule has 0 bridgehead atoms. The molecule has 16 heteroatoms. The van der Waals surface area contributed by atoms with Crippen molar-refractivity contribution in [1.82, 2.24) is 20.5 Å². The van der Waals surface area contributed by atoms with Crippen molar-refractivity contribution in [3.8, 4) is 0 Å². The fourth-order valence-electron chi connectivity index (χ4n) is 4.50. The summed E-state index contributed by atoms with van der Waals surface area (Å²) in [5, 5.41) is 16.1. The van der Waals surface area contributed by atoms with E-state index in [2.05, 4.69) is 15.6 Å². The molecule has 0 radical (unpaired) electrons. The number of amides is 2. The molecule has 0 saturated heterocycles. The van der Waals surface area contributed by atoms with E-state index in [-0.39, 0.29) is 42.7 Å². The van der Waals surface area contributed by atoms with Gasteiger partial charge in [0, 0.05) is 50.8 Å². The zero-order chi connectivity index (χ0) is 34.2. The summed E-state index contributed by atoms with van der Waals surface area (Å²) in [6, 6.07) is 7.50. The first kappa shape index (κ1) is 36.2. The number of aliphatic hydroxyl groups excluding tert-OH is 1. The molecule has 8 nitrogen and oxygen atoms in total. The van der Waals surface area contributed by atoms with Crippen molar-refractivity contribution in [3.63, 3.8) is 0 Å². The molecule has 3 aromatic rings. The Bertz CT molecular complexity index is 1560. The third-order valence-electron chi connectivity index (χ3n) is 6.73. The van der Waals surface area contributed by atoms with Crippen molar-refractivity contribution >= 4 is 11.8 Å². The Hall–Kier alpha value is -4.31. The first-order chi connectivity index (χ1) is 21.4. The van der Waals surface area contributed by atoms with E-state index in [9.17, 15) is 54.6 Å². The van der Waals surface area contributed by atoms with E-state index in [0.717, 1.165) is 41.3 Å². The Balaban J connectivity index is 1.77. The van der Waals surface area contributed by atoms with Crippen molar-refractivity contribution in [2.75, 3.05) is 20.1 Å². The number of aromatic amines is 1. The largest absolute Gasteiger partial charge is 0.416 e. The van der Waals surface area contributed by atoms with Crippen molar-refractivity contribution in [2.45, 2.75) is 50.3 Å². The number of rotatable bonds is 13. The van der Waals surface area contributed by atoms with Gasteiger partial charge < -0.3 is 25.6 Å². The Morgan fingerprint density at radius 1 is 0.957 bits per heavy atom. The average Bonchev–Trinajstić information content (AvgIpc) is 2.94. The highest BCUT2D eigenvalue weighted by Gasteiger charge is 2.30. The second-order valence-electron chi connectivity index (χ2n) is 10.6. The molecule has 1 aromatic heterocycles. The summed E-state index contributed by atoms with van der Waals surface area (Å²) in [6.45, 7) is -0.723. The summed E-state index contributed by atoms with van der Waals surface area (Å²) in [7, 11) is 1.22. The van der Waals surface area contributed by atoms with E-state index in [4.69, 9.17) is 0 Å². The van der Waals surface area contributed by atoms with Crippen molar-refractivity contribution < 1.29 is 49.8 Å². The molecule has 4 N–H and O–H groups in total. The molecular weight excluding hydrogens is 632 g/mol. The normalized spacial score (nSPS) is 13.3. The van der Waals surface area contributed by atoms with Crippen LogP contribution in [0.5, 0.6) is 0 Å². The molecule has 250 valence electrons. The maximum absolute atomic E-state index is 13.9. The second-order valence-corrected chi connectivity index (χ2v) is 10.6. The standard InChI is InChI=1S/C30H30F8N4O4/c1-42(7-3-6-29(33,34)35)28(46)19-12-24(40-26(44)13-19)27(45)41-23(11-18-9-21(31)14-22(32)10-18)25(43)16-39-15-17-4-2-5-20(8-17)30(36,37)38/h2,4-5,8-10,12-14,23,25,39,43H,3,6-7,11,15-16H2,1H3,(H,40,44)(H,41,45)/t23-,25+/m0/s1. The van der Waals surface area contributed by atoms with Gasteiger partial charge in [0.15, 0.2) is 0 Å². The van der Waals surface area contributed by atoms with Crippen molar-refractivity contribution in [1.29, 1.82) is 0 Å². The molecule has 2 atom stereocenters. The topological polar surface area (TPSA) is 115 Å². The van der Waals surface area contributed by atoms with Gasteiger partial charge >= 0.3 is 12.4 Å². The number of halogens is 8. The molecule has 46 heavy (non-hydrogen) atoms. The van der Waals surface area contributed by atoms with Gasteiger partial charge in [-0.2, -0.15) is 26.3 Å². The first-order valence-corrected chi connectivity index (χ1v) is 13.8. The van der Waals surface area contributed by atoms with Crippen LogP contribution in [0.2, 0.25) is 0 Å². The summed E-state index contributed by atoms with van der Waals surface area (Å²) in [5.74, 6) is -3.74. The third-order valence-corrected chi connectivity index (χ3v) is 6.73. The molecule has 0 spiro atoms. The smallest absolute Gasteiger partial charge is 0.390 e. The lowest BCUT2D eigenvalue weighted by Gasteiger charge is -2.25. The van der Waals surface area contributed by atoms with E-state index >= 15 is 0 Å². The Morgan fingerprint density at radius 2 is 1.63 bits per heavy atom. The molecule has 0 fully saturated rings. The number of H-pyrrole nitrogens is 1. The third kappa shape index (κ3) is 11.2. The van der Waals surface area contributed by atoms with Gasteiger partial charge in [-0.1, -0.05) is 18.2 Å². The minimum Gasteiger partial charge on any atom is -0.390 e. The minimum atomic E-state index is -4.57. The van der Waals surface area contributed by atoms with Crippen LogP contribution in [0.4, 0.5) is 35.1 Å². The summed E-state index contributed by atoms with van der Waals surface area (Å²) in [4.78, 5) is 41.4. The van der Waals surface area contributed by atoms with Gasteiger partial charge in [-0.25, -0.2) is 8.78 Å². The molecule has 0 saturated carbocycles. The van der Waals surface area contributed by atoms with Crippen molar-refractivity contribution in [2.24, 2.45) is 0 Å². The Kier molecular flexibility index (Phi) is 12.0. The maximum atomic E-state index is 13.9. The van der Waals surface area contributed by atoms with Crippen LogP contribution in [-0.2, 0) is 19.1 Å². The Labute approximate surface area is 257 Å². The van der Waals surface area contributed by atoms with E-state index in [1.54, 1.807) is 0 Å². The quantitative estimate of drug-likeness (QED) is 0.200. The van der Waals surface area contributed by atoms with E-state index in [1.165, 1.54) is 19.2 Å². The molecule has 0 aliphatic rings. The number of hydrogen-bond donors (Lipinski definition) is 4. The molecule has 2 amide bonds. The van der Waals surface area contributed by atoms with Gasteiger partial charge in [0.1, 0.15) is 17.3 Å². The fourth-order valence-corrected chi connectivity index (χ4v) is 4.50. The fraction of sp³-hybridized carbons (Fsp3) is 0.367. The van der Waals surface area contributed by atoms with Crippen LogP contribution in [0.25, 0.3) is 0 Å². The highest BCUT2D eigenvalue weighted by molar-refractivity contribution is 5.98. The molecule has 3 rings (SSSR count). The maximum Gasteiger partial charge on any atom is 0.416 e. The summed E-state index contributed by atoms with van der Waals surface area (Å²) >= 11 is 0. The van der Waals surface area contributed by atoms with Gasteiger partial charge in [-0.3, -0.25) is 14.4 Å². The lowest BCUT2D eigenvalue weighted by Crippen LogP contribution is -2.49. The number of carbonyl (C=O) groups excluding carboxylic acids is 2. The number of carbonyl (C=O) groups is 2. The molecule has 0 aliphatic heterocycles. The number of benzene rings is 2. The summed E-state index contributed by atoms with van der Waals surface area (Å²) in [6.07, 6.45) is -12.4. The number of nitrogens with zero attached hydrogens (tertiary/aromatic N) is 1. The van der Waals surface area contributed by atoms with Crippen LogP contribution in [0.1, 0.15) is 50.4 Å². The van der Waals surface area contributed by atoms with Crippen LogP contribution in [0.3, 0.4) is 0 Å². The number of pyridine rings is 1. The number of nitrogens with one attached hydrogen (secondary N) is 3. The number of alkyl halides is 6. The van der Waals surface area contributed by atoms with Crippen molar-refractivity contribution in [3.05, 3.63) is 105 Å². The average molecular weight is 663 g/mol. The number of aliphatic hydroxyl groups is 1. The van der Waals surface area contributed by atoms with Crippen LogP contribution in [0, 0.1) is 11.6 Å². The highest BCUT2D eigenvalue weighted by atomic mass is 19.4. The van der Waals surface area contributed by atoms with E-state index in [0.29, 0.717) is 6.07 Å². The van der Waals surface area contributed by atoms with E-state index in [1.807, 2.05) is 0 Å². The number of hydrogen-bond acceptors (Lipinski definition) is 5. The van der Waals surface area contributed by atoms with E-state index < -0.39 is 77.6 Å². The van der Waals surface area contributed by atoms with Crippen LogP contribution in [-0.4, -0.2) is 65.3 Å². The van der Waals surface area contributed by atoms with Crippen LogP contribution >= 0.6 is 0 Å². The van der Waals surface area contributed by atoms with Crippen LogP contribution in [0.15, 0.2) is 59.4 Å². The first-order valence-electron chi connectivity index (χ1n) is 13.8. The highest BCUT2D eigenvalue weighted by Crippen LogP contribution is 2.29. The van der Waals surface area contributed by atoms with Gasteiger partial charge in [0.25, 0.3) is 11.8 Å². The summed E-state index contributed by atoms with van der Waals surface area (Å²) in [5.41, 5.74) is -2.29. The van der Waals surface area contributed by atoms with Crippen LogP contribution < -0.4 is 16.2 Å².